The number of hydrogen-bond acceptors (Lipinski definition) is 7. The van der Waals surface area contributed by atoms with E-state index in [-0.39, 0.29) is 17.1 Å². The van der Waals surface area contributed by atoms with E-state index in [1.807, 2.05) is 11.9 Å². The molecule has 0 radical (unpaired) electrons. The SMILES string of the molecule is CC(=O)NCCOc1ccnc(-c2nc3c(c(N(C)CC(=O)CC(C)(C)C)n2)CCC3)c1. The van der Waals surface area contributed by atoms with Gasteiger partial charge in [0.15, 0.2) is 11.6 Å². The van der Waals surface area contributed by atoms with E-state index in [2.05, 4.69) is 31.1 Å². The van der Waals surface area contributed by atoms with Gasteiger partial charge in [0.25, 0.3) is 0 Å². The molecule has 1 N–H and O–H groups in total. The first-order chi connectivity index (χ1) is 15.1. The lowest BCUT2D eigenvalue weighted by Crippen LogP contribution is -2.30. The molecule has 8 heteroatoms. The maximum atomic E-state index is 12.6. The molecule has 2 aromatic rings. The number of carbonyl (C=O) groups excluding carboxylic acids is 2. The molecule has 1 amide bonds. The summed E-state index contributed by atoms with van der Waals surface area (Å²) in [6, 6.07) is 3.57. The third kappa shape index (κ3) is 6.48. The average Bonchev–Trinajstić information content (AvgIpc) is 3.17. The monoisotopic (exact) mass is 439 g/mol. The van der Waals surface area contributed by atoms with Crippen molar-refractivity contribution < 1.29 is 14.3 Å². The molecule has 1 aliphatic carbocycles. The molecule has 0 fully saturated rings. The van der Waals surface area contributed by atoms with Crippen molar-refractivity contribution >= 4 is 17.5 Å². The van der Waals surface area contributed by atoms with Gasteiger partial charge in [0, 0.05) is 43.9 Å². The molecule has 0 aromatic carbocycles. The third-order valence-electron chi connectivity index (χ3n) is 5.12. The Labute approximate surface area is 189 Å². The summed E-state index contributed by atoms with van der Waals surface area (Å²) in [5.74, 6) is 2.08. The van der Waals surface area contributed by atoms with E-state index in [9.17, 15) is 9.59 Å². The fraction of sp³-hybridized carbons (Fsp3) is 0.542. The molecule has 0 saturated heterocycles. The summed E-state index contributed by atoms with van der Waals surface area (Å²) >= 11 is 0. The molecule has 0 spiro atoms. The van der Waals surface area contributed by atoms with Gasteiger partial charge in [-0.3, -0.25) is 14.6 Å². The third-order valence-corrected chi connectivity index (χ3v) is 5.12. The number of aromatic nitrogens is 3. The zero-order valence-corrected chi connectivity index (χ0v) is 19.7. The van der Waals surface area contributed by atoms with E-state index in [0.717, 1.165) is 36.3 Å². The summed E-state index contributed by atoms with van der Waals surface area (Å²) in [7, 11) is 1.92. The second-order valence-electron chi connectivity index (χ2n) is 9.49. The first-order valence-corrected chi connectivity index (χ1v) is 11.1. The average molecular weight is 440 g/mol. The number of fused-ring (bicyclic) bond motifs is 1. The van der Waals surface area contributed by atoms with Crippen LogP contribution >= 0.6 is 0 Å². The van der Waals surface area contributed by atoms with Crippen LogP contribution in [-0.4, -0.2) is 53.4 Å². The van der Waals surface area contributed by atoms with Crippen molar-refractivity contribution in [2.45, 2.75) is 53.4 Å². The zero-order valence-electron chi connectivity index (χ0n) is 19.7. The Morgan fingerprint density at radius 1 is 1.22 bits per heavy atom. The van der Waals surface area contributed by atoms with Crippen LogP contribution in [0.4, 0.5) is 5.82 Å². The van der Waals surface area contributed by atoms with Crippen molar-refractivity contribution in [1.82, 2.24) is 20.3 Å². The van der Waals surface area contributed by atoms with E-state index in [1.165, 1.54) is 6.92 Å². The lowest BCUT2D eigenvalue weighted by atomic mass is 9.90. The van der Waals surface area contributed by atoms with Crippen LogP contribution in [0.3, 0.4) is 0 Å². The number of nitrogens with zero attached hydrogens (tertiary/aromatic N) is 4. The minimum absolute atomic E-state index is 0.0407. The van der Waals surface area contributed by atoms with Gasteiger partial charge in [-0.05, 0) is 30.7 Å². The predicted octanol–water partition coefficient (Wildman–Crippen LogP) is 2.98. The van der Waals surface area contributed by atoms with Crippen molar-refractivity contribution in [3.63, 3.8) is 0 Å². The largest absolute Gasteiger partial charge is 0.492 e. The van der Waals surface area contributed by atoms with Crippen LogP contribution < -0.4 is 15.0 Å². The number of anilines is 1. The summed E-state index contributed by atoms with van der Waals surface area (Å²) < 4.78 is 5.72. The van der Waals surface area contributed by atoms with Gasteiger partial charge in [0.2, 0.25) is 5.91 Å². The maximum absolute atomic E-state index is 12.6. The Morgan fingerprint density at radius 2 is 2.00 bits per heavy atom. The molecular weight excluding hydrogens is 406 g/mol. The van der Waals surface area contributed by atoms with Gasteiger partial charge in [-0.15, -0.1) is 0 Å². The van der Waals surface area contributed by atoms with E-state index >= 15 is 0 Å². The van der Waals surface area contributed by atoms with Crippen molar-refractivity contribution in [1.29, 1.82) is 0 Å². The predicted molar refractivity (Wildman–Crippen MR) is 124 cm³/mol. The van der Waals surface area contributed by atoms with Crippen LogP contribution in [0.1, 0.15) is 51.8 Å². The van der Waals surface area contributed by atoms with Gasteiger partial charge in [-0.25, -0.2) is 9.97 Å². The molecule has 0 atom stereocenters. The number of aryl methyl sites for hydroxylation is 1. The molecule has 2 aromatic heterocycles. The molecule has 172 valence electrons. The fourth-order valence-corrected chi connectivity index (χ4v) is 3.85. The first-order valence-electron chi connectivity index (χ1n) is 11.1. The Bertz CT molecular complexity index is 984. The summed E-state index contributed by atoms with van der Waals surface area (Å²) in [4.78, 5) is 39.5. The van der Waals surface area contributed by atoms with Crippen molar-refractivity contribution in [2.24, 2.45) is 5.41 Å². The highest BCUT2D eigenvalue weighted by atomic mass is 16.5. The second kappa shape index (κ2) is 10.1. The number of likely N-dealkylation sites (N-methyl/N-ethyl adjacent to an activating group) is 1. The minimum Gasteiger partial charge on any atom is -0.492 e. The number of hydrogen-bond donors (Lipinski definition) is 1. The van der Waals surface area contributed by atoms with Gasteiger partial charge in [-0.2, -0.15) is 0 Å². The van der Waals surface area contributed by atoms with Gasteiger partial charge >= 0.3 is 0 Å². The Kier molecular flexibility index (Phi) is 7.43. The second-order valence-corrected chi connectivity index (χ2v) is 9.49. The number of carbonyl (C=O) groups is 2. The van der Waals surface area contributed by atoms with Crippen molar-refractivity contribution in [3.05, 3.63) is 29.6 Å². The van der Waals surface area contributed by atoms with Crippen LogP contribution in [0.25, 0.3) is 11.5 Å². The summed E-state index contributed by atoms with van der Waals surface area (Å²) in [5.41, 5.74) is 2.73. The van der Waals surface area contributed by atoms with Crippen LogP contribution in [-0.2, 0) is 22.4 Å². The Hall–Kier alpha value is -3.03. The molecule has 0 bridgehead atoms. The summed E-state index contributed by atoms with van der Waals surface area (Å²) in [6.07, 6.45) is 5.04. The van der Waals surface area contributed by atoms with E-state index < -0.39 is 0 Å². The van der Waals surface area contributed by atoms with E-state index in [0.29, 0.717) is 43.4 Å². The highest BCUT2D eigenvalue weighted by Crippen LogP contribution is 2.31. The topological polar surface area (TPSA) is 97.3 Å². The van der Waals surface area contributed by atoms with Crippen molar-refractivity contribution in [2.75, 3.05) is 31.6 Å². The van der Waals surface area contributed by atoms with Gasteiger partial charge in [0.1, 0.15) is 23.9 Å². The molecule has 3 rings (SSSR count). The molecule has 0 saturated carbocycles. The molecule has 32 heavy (non-hydrogen) atoms. The zero-order chi connectivity index (χ0) is 23.3. The number of rotatable bonds is 9. The molecular formula is C24H33N5O3. The lowest BCUT2D eigenvalue weighted by Gasteiger charge is -2.23. The smallest absolute Gasteiger partial charge is 0.216 e. The number of ether oxygens (including phenoxy) is 1. The lowest BCUT2D eigenvalue weighted by molar-refractivity contribution is -0.120. The summed E-state index contributed by atoms with van der Waals surface area (Å²) in [6.45, 7) is 8.80. The highest BCUT2D eigenvalue weighted by molar-refractivity contribution is 5.84. The highest BCUT2D eigenvalue weighted by Gasteiger charge is 2.24. The maximum Gasteiger partial charge on any atom is 0.216 e. The van der Waals surface area contributed by atoms with Crippen LogP contribution in [0.15, 0.2) is 18.3 Å². The molecule has 8 nitrogen and oxygen atoms in total. The molecule has 1 aliphatic rings. The van der Waals surface area contributed by atoms with E-state index in [4.69, 9.17) is 14.7 Å². The number of nitrogens with one attached hydrogen (secondary N) is 1. The Morgan fingerprint density at radius 3 is 2.72 bits per heavy atom. The first kappa shape index (κ1) is 23.6. The summed E-state index contributed by atoms with van der Waals surface area (Å²) in [5, 5.41) is 2.70. The Balaban J connectivity index is 1.81. The minimum atomic E-state index is -0.0896. The van der Waals surface area contributed by atoms with E-state index in [1.54, 1.807) is 18.3 Å². The molecule has 0 aliphatic heterocycles. The van der Waals surface area contributed by atoms with Crippen LogP contribution in [0.5, 0.6) is 5.75 Å². The molecule has 2 heterocycles. The quantitative estimate of drug-likeness (QED) is 0.600. The fourth-order valence-electron chi connectivity index (χ4n) is 3.85. The van der Waals surface area contributed by atoms with Crippen LogP contribution in [0.2, 0.25) is 0 Å². The number of ketones is 1. The standard InChI is InChI=1S/C24H33N5O3/c1-16(30)25-11-12-32-18-9-10-26-21(13-18)22-27-20-8-6-7-19(20)23(28-22)29(5)15-17(31)14-24(2,3)4/h9-10,13H,6-8,11-12,14-15H2,1-5H3,(H,25,30). The van der Waals surface area contributed by atoms with Gasteiger partial charge < -0.3 is 15.0 Å². The number of pyridine rings is 1. The number of Topliss-reactive ketones (excluding diaryl/α,β-unsaturated/α-hetero) is 1. The van der Waals surface area contributed by atoms with Crippen molar-refractivity contribution in [3.8, 4) is 17.3 Å². The van der Waals surface area contributed by atoms with Crippen LogP contribution in [0, 0.1) is 5.41 Å². The normalized spacial score (nSPS) is 12.9. The van der Waals surface area contributed by atoms with Gasteiger partial charge in [0.05, 0.1) is 13.1 Å². The molecule has 0 unspecified atom stereocenters. The van der Waals surface area contributed by atoms with Gasteiger partial charge in [-0.1, -0.05) is 20.8 Å². The number of amides is 1.